The zero-order valence-electron chi connectivity index (χ0n) is 17.3. The molecule has 0 unspecified atom stereocenters. The highest BCUT2D eigenvalue weighted by atomic mass is 35.5. The van der Waals surface area contributed by atoms with Crippen molar-refractivity contribution in [3.63, 3.8) is 0 Å². The SMILES string of the molecule is Cc1nn(Cc2ccc(Cl)c(Cl)c2)c(C)c1NC(=O)c1cccc(COCC(F)(F)F)c1. The fourth-order valence-electron chi connectivity index (χ4n) is 3.12. The highest BCUT2D eigenvalue weighted by Gasteiger charge is 2.27. The van der Waals surface area contributed by atoms with Gasteiger partial charge in [0.15, 0.2) is 0 Å². The number of aromatic nitrogens is 2. The molecule has 1 amide bonds. The molecule has 0 saturated heterocycles. The third kappa shape index (κ3) is 6.25. The van der Waals surface area contributed by atoms with E-state index in [0.29, 0.717) is 39.1 Å². The summed E-state index contributed by atoms with van der Waals surface area (Å²) in [6.45, 7) is 2.44. The number of aryl methyl sites for hydroxylation is 1. The normalized spacial score (nSPS) is 11.6. The molecule has 170 valence electrons. The summed E-state index contributed by atoms with van der Waals surface area (Å²) in [5.41, 5.74) is 3.59. The van der Waals surface area contributed by atoms with Crippen LogP contribution in [0.4, 0.5) is 18.9 Å². The number of rotatable bonds is 7. The molecule has 0 aliphatic heterocycles. The molecule has 10 heteroatoms. The maximum absolute atomic E-state index is 12.8. The minimum atomic E-state index is -4.40. The van der Waals surface area contributed by atoms with E-state index in [1.165, 1.54) is 6.07 Å². The zero-order chi connectivity index (χ0) is 23.5. The van der Waals surface area contributed by atoms with Gasteiger partial charge in [-0.15, -0.1) is 0 Å². The second kappa shape index (κ2) is 9.94. The molecule has 3 rings (SSSR count). The molecule has 5 nitrogen and oxygen atoms in total. The van der Waals surface area contributed by atoms with Crippen molar-refractivity contribution in [2.45, 2.75) is 33.2 Å². The number of alkyl halides is 3. The van der Waals surface area contributed by atoms with Gasteiger partial charge >= 0.3 is 6.18 Å². The summed E-state index contributed by atoms with van der Waals surface area (Å²) in [5.74, 6) is -0.400. The van der Waals surface area contributed by atoms with Crippen molar-refractivity contribution in [1.29, 1.82) is 0 Å². The van der Waals surface area contributed by atoms with E-state index in [2.05, 4.69) is 15.2 Å². The molecule has 1 N–H and O–H groups in total. The van der Waals surface area contributed by atoms with E-state index in [-0.39, 0.29) is 6.61 Å². The first-order valence-electron chi connectivity index (χ1n) is 9.56. The van der Waals surface area contributed by atoms with Crippen molar-refractivity contribution < 1.29 is 22.7 Å². The maximum Gasteiger partial charge on any atom is 0.411 e. The molecule has 0 bridgehead atoms. The number of halogens is 5. The lowest BCUT2D eigenvalue weighted by molar-refractivity contribution is -0.176. The monoisotopic (exact) mass is 485 g/mol. The number of anilines is 1. The molecule has 0 fully saturated rings. The summed E-state index contributed by atoms with van der Waals surface area (Å²) in [4.78, 5) is 12.8. The van der Waals surface area contributed by atoms with Crippen LogP contribution in [0, 0.1) is 13.8 Å². The molecule has 0 atom stereocenters. The Morgan fingerprint density at radius 3 is 2.53 bits per heavy atom. The van der Waals surface area contributed by atoms with Crippen molar-refractivity contribution in [2.24, 2.45) is 0 Å². The molecule has 0 aliphatic carbocycles. The number of carbonyl (C=O) groups is 1. The van der Waals surface area contributed by atoms with Crippen LogP contribution >= 0.6 is 23.2 Å². The summed E-state index contributed by atoms with van der Waals surface area (Å²) in [6.07, 6.45) is -4.40. The molecular weight excluding hydrogens is 466 g/mol. The molecule has 0 aliphatic rings. The number of hydrogen-bond acceptors (Lipinski definition) is 3. The Morgan fingerprint density at radius 2 is 1.84 bits per heavy atom. The second-order valence-corrected chi connectivity index (χ2v) is 8.03. The van der Waals surface area contributed by atoms with Gasteiger partial charge in [-0.1, -0.05) is 41.4 Å². The van der Waals surface area contributed by atoms with Crippen LogP contribution in [0.5, 0.6) is 0 Å². The Balaban J connectivity index is 1.71. The van der Waals surface area contributed by atoms with E-state index in [4.69, 9.17) is 23.2 Å². The maximum atomic E-state index is 12.8. The average molecular weight is 486 g/mol. The highest BCUT2D eigenvalue weighted by Crippen LogP contribution is 2.25. The van der Waals surface area contributed by atoms with E-state index in [1.807, 2.05) is 13.0 Å². The van der Waals surface area contributed by atoms with Gasteiger partial charge in [0.05, 0.1) is 40.3 Å². The number of carbonyl (C=O) groups excluding carboxylic acids is 1. The number of benzene rings is 2. The summed E-state index contributed by atoms with van der Waals surface area (Å²) < 4.78 is 43.2. The van der Waals surface area contributed by atoms with Crippen LogP contribution in [0.3, 0.4) is 0 Å². The Labute approximate surface area is 193 Å². The quantitative estimate of drug-likeness (QED) is 0.434. The molecule has 2 aromatic carbocycles. The molecule has 32 heavy (non-hydrogen) atoms. The number of nitrogens with zero attached hydrogens (tertiary/aromatic N) is 2. The van der Waals surface area contributed by atoms with Gasteiger partial charge in [-0.3, -0.25) is 9.48 Å². The first-order chi connectivity index (χ1) is 15.0. The minimum Gasteiger partial charge on any atom is -0.367 e. The number of amides is 1. The van der Waals surface area contributed by atoms with Gasteiger partial charge in [-0.25, -0.2) is 0 Å². The molecule has 3 aromatic rings. The average Bonchev–Trinajstić information content (AvgIpc) is 2.97. The number of ether oxygens (including phenoxy) is 1. The van der Waals surface area contributed by atoms with Gasteiger partial charge in [0.25, 0.3) is 5.91 Å². The topological polar surface area (TPSA) is 56.2 Å². The first kappa shape index (κ1) is 24.1. The van der Waals surface area contributed by atoms with Crippen LogP contribution in [-0.2, 0) is 17.9 Å². The molecule has 0 saturated carbocycles. The summed E-state index contributed by atoms with van der Waals surface area (Å²) in [7, 11) is 0. The molecule has 0 spiro atoms. The number of nitrogens with one attached hydrogen (secondary N) is 1. The highest BCUT2D eigenvalue weighted by molar-refractivity contribution is 6.42. The van der Waals surface area contributed by atoms with Crippen LogP contribution in [-0.4, -0.2) is 28.5 Å². The zero-order valence-corrected chi connectivity index (χ0v) is 18.8. The predicted octanol–water partition coefficient (Wildman–Crippen LogP) is 6.19. The van der Waals surface area contributed by atoms with E-state index in [0.717, 1.165) is 11.3 Å². The van der Waals surface area contributed by atoms with Gasteiger partial charge in [-0.2, -0.15) is 18.3 Å². The Kier molecular flexibility index (Phi) is 7.48. The van der Waals surface area contributed by atoms with Crippen LogP contribution in [0.15, 0.2) is 42.5 Å². The van der Waals surface area contributed by atoms with Gasteiger partial charge in [0, 0.05) is 5.56 Å². The third-order valence-electron chi connectivity index (χ3n) is 4.66. The smallest absolute Gasteiger partial charge is 0.367 e. The molecular formula is C22H20Cl2F3N3O2. The van der Waals surface area contributed by atoms with Crippen molar-refractivity contribution in [2.75, 3.05) is 11.9 Å². The summed E-state index contributed by atoms with van der Waals surface area (Å²) in [6, 6.07) is 11.6. The van der Waals surface area contributed by atoms with Crippen LogP contribution in [0.2, 0.25) is 10.0 Å². The van der Waals surface area contributed by atoms with Crippen molar-refractivity contribution in [3.8, 4) is 0 Å². The van der Waals surface area contributed by atoms with Crippen molar-refractivity contribution >= 4 is 34.8 Å². The lowest BCUT2D eigenvalue weighted by Crippen LogP contribution is -2.17. The molecule has 1 heterocycles. The Bertz CT molecular complexity index is 1130. The van der Waals surface area contributed by atoms with Crippen molar-refractivity contribution in [3.05, 3.63) is 80.6 Å². The van der Waals surface area contributed by atoms with Gasteiger partial charge < -0.3 is 10.1 Å². The van der Waals surface area contributed by atoms with Gasteiger partial charge in [0.1, 0.15) is 6.61 Å². The van der Waals surface area contributed by atoms with Crippen LogP contribution in [0.25, 0.3) is 0 Å². The summed E-state index contributed by atoms with van der Waals surface area (Å²) in [5, 5.41) is 8.23. The second-order valence-electron chi connectivity index (χ2n) is 7.21. The first-order valence-corrected chi connectivity index (χ1v) is 10.3. The van der Waals surface area contributed by atoms with Crippen LogP contribution < -0.4 is 5.32 Å². The van der Waals surface area contributed by atoms with Crippen molar-refractivity contribution in [1.82, 2.24) is 9.78 Å². The largest absolute Gasteiger partial charge is 0.411 e. The van der Waals surface area contributed by atoms with E-state index in [9.17, 15) is 18.0 Å². The van der Waals surface area contributed by atoms with E-state index < -0.39 is 18.7 Å². The van der Waals surface area contributed by atoms with Crippen LogP contribution in [0.1, 0.15) is 32.9 Å². The Hall–Kier alpha value is -2.55. The molecule has 0 radical (unpaired) electrons. The van der Waals surface area contributed by atoms with Gasteiger partial charge in [0.2, 0.25) is 0 Å². The van der Waals surface area contributed by atoms with E-state index in [1.54, 1.807) is 41.9 Å². The summed E-state index contributed by atoms with van der Waals surface area (Å²) >= 11 is 12.0. The lowest BCUT2D eigenvalue weighted by Gasteiger charge is -2.10. The number of hydrogen-bond donors (Lipinski definition) is 1. The predicted molar refractivity (Wildman–Crippen MR) is 117 cm³/mol. The fraction of sp³-hybridized carbons (Fsp3) is 0.273. The standard InChI is InChI=1S/C22H20Cl2F3N3O2/c1-13-20(14(2)30(29-13)10-15-6-7-18(23)19(24)9-15)28-21(31)17-5-3-4-16(8-17)11-32-12-22(25,26)27/h3-9H,10-12H2,1-2H3,(H,28,31). The van der Waals surface area contributed by atoms with E-state index >= 15 is 0 Å². The lowest BCUT2D eigenvalue weighted by atomic mass is 10.1. The fourth-order valence-corrected chi connectivity index (χ4v) is 3.44. The minimum absolute atomic E-state index is 0.250. The molecule has 1 aromatic heterocycles. The third-order valence-corrected chi connectivity index (χ3v) is 5.40. The Morgan fingerprint density at radius 1 is 1.09 bits per heavy atom. The van der Waals surface area contributed by atoms with Gasteiger partial charge in [-0.05, 0) is 49.2 Å².